The van der Waals surface area contributed by atoms with Crippen molar-refractivity contribution in [3.05, 3.63) is 0 Å². The minimum Gasteiger partial charge on any atom is -0.466 e. The third kappa shape index (κ3) is 7.67. The molecule has 0 aromatic rings. The molecule has 1 fully saturated rings. The number of unbranched alkanes of at least 4 members (excludes halogenated alkanes) is 2. The van der Waals surface area contributed by atoms with E-state index in [1.807, 2.05) is 11.8 Å². The Kier molecular flexibility index (Phi) is 10.8. The molecule has 1 aliphatic rings. The van der Waals surface area contributed by atoms with Crippen LogP contribution in [0.3, 0.4) is 0 Å². The van der Waals surface area contributed by atoms with Crippen molar-refractivity contribution in [3.8, 4) is 0 Å². The Morgan fingerprint density at radius 2 is 1.62 bits per heavy atom. The lowest BCUT2D eigenvalue weighted by Crippen LogP contribution is -2.39. The molecule has 0 aromatic heterocycles. The first-order chi connectivity index (χ1) is 11.6. The van der Waals surface area contributed by atoms with Crippen LogP contribution in [-0.2, 0) is 14.3 Å². The van der Waals surface area contributed by atoms with Gasteiger partial charge in [-0.05, 0) is 44.9 Å². The van der Waals surface area contributed by atoms with Crippen molar-refractivity contribution in [1.82, 2.24) is 4.90 Å². The highest BCUT2D eigenvalue weighted by molar-refractivity contribution is 5.79. The van der Waals surface area contributed by atoms with Gasteiger partial charge in [-0.2, -0.15) is 0 Å². The van der Waals surface area contributed by atoms with E-state index in [1.165, 1.54) is 32.1 Å². The molecule has 0 N–H and O–H groups in total. The molecule has 140 valence electrons. The second-order valence-electron chi connectivity index (χ2n) is 7.09. The number of esters is 1. The molecule has 0 radical (unpaired) electrons. The molecular formula is C20H37NO3. The van der Waals surface area contributed by atoms with Crippen molar-refractivity contribution in [2.75, 3.05) is 19.7 Å². The van der Waals surface area contributed by atoms with Crippen LogP contribution < -0.4 is 0 Å². The molecule has 24 heavy (non-hydrogen) atoms. The van der Waals surface area contributed by atoms with E-state index in [1.54, 1.807) is 0 Å². The molecule has 4 nitrogen and oxygen atoms in total. The zero-order valence-electron chi connectivity index (χ0n) is 16.0. The summed E-state index contributed by atoms with van der Waals surface area (Å²) in [5.74, 6) is 1.05. The molecule has 0 bridgehead atoms. The summed E-state index contributed by atoms with van der Waals surface area (Å²) in [6, 6.07) is 0. The van der Waals surface area contributed by atoms with Crippen LogP contribution in [0.2, 0.25) is 0 Å². The predicted octanol–water partition coefficient (Wildman–Crippen LogP) is 4.56. The molecule has 4 heteroatoms. The second kappa shape index (κ2) is 12.3. The van der Waals surface area contributed by atoms with Crippen molar-refractivity contribution in [2.24, 2.45) is 11.8 Å². The van der Waals surface area contributed by atoms with Gasteiger partial charge < -0.3 is 9.64 Å². The SMILES string of the molecule is CCCCC1CCC(C(=O)N(CCCC)CCC(=O)OCC)CC1. The summed E-state index contributed by atoms with van der Waals surface area (Å²) in [5, 5.41) is 0. The van der Waals surface area contributed by atoms with E-state index in [0.717, 1.165) is 38.1 Å². The summed E-state index contributed by atoms with van der Waals surface area (Å²) in [6.07, 6.45) is 10.7. The third-order valence-electron chi connectivity index (χ3n) is 5.15. The van der Waals surface area contributed by atoms with Crippen molar-refractivity contribution in [3.63, 3.8) is 0 Å². The Labute approximate surface area is 148 Å². The Morgan fingerprint density at radius 1 is 0.958 bits per heavy atom. The van der Waals surface area contributed by atoms with E-state index in [-0.39, 0.29) is 17.8 Å². The number of rotatable bonds is 11. The minimum absolute atomic E-state index is 0.168. The molecule has 1 rings (SSSR count). The average Bonchev–Trinajstić information content (AvgIpc) is 2.60. The Morgan fingerprint density at radius 3 is 2.21 bits per heavy atom. The highest BCUT2D eigenvalue weighted by atomic mass is 16.5. The largest absolute Gasteiger partial charge is 0.466 e. The normalized spacial score (nSPS) is 20.6. The molecule has 0 aliphatic heterocycles. The lowest BCUT2D eigenvalue weighted by Gasteiger charge is -2.32. The lowest BCUT2D eigenvalue weighted by atomic mass is 9.79. The van der Waals surface area contributed by atoms with Gasteiger partial charge in [-0.1, -0.05) is 39.5 Å². The molecule has 0 spiro atoms. The van der Waals surface area contributed by atoms with Gasteiger partial charge in [0.1, 0.15) is 0 Å². The molecule has 1 saturated carbocycles. The highest BCUT2D eigenvalue weighted by Gasteiger charge is 2.29. The molecule has 0 aromatic carbocycles. The van der Waals surface area contributed by atoms with E-state index >= 15 is 0 Å². The predicted molar refractivity (Wildman–Crippen MR) is 97.7 cm³/mol. The van der Waals surface area contributed by atoms with Gasteiger partial charge in [-0.25, -0.2) is 0 Å². The summed E-state index contributed by atoms with van der Waals surface area (Å²) in [5.41, 5.74) is 0. The summed E-state index contributed by atoms with van der Waals surface area (Å²) < 4.78 is 5.00. The van der Waals surface area contributed by atoms with Gasteiger partial charge in [0, 0.05) is 19.0 Å². The van der Waals surface area contributed by atoms with Crippen LogP contribution in [0.4, 0.5) is 0 Å². The van der Waals surface area contributed by atoms with Gasteiger partial charge in [-0.15, -0.1) is 0 Å². The number of carbonyl (C=O) groups is 2. The number of ether oxygens (including phenoxy) is 1. The summed E-state index contributed by atoms with van der Waals surface area (Å²) in [6.45, 7) is 7.87. The van der Waals surface area contributed by atoms with Crippen LogP contribution in [0.15, 0.2) is 0 Å². The monoisotopic (exact) mass is 339 g/mol. The van der Waals surface area contributed by atoms with Crippen LogP contribution in [0.25, 0.3) is 0 Å². The fourth-order valence-corrected chi connectivity index (χ4v) is 3.59. The summed E-state index contributed by atoms with van der Waals surface area (Å²) >= 11 is 0. The number of carbonyl (C=O) groups excluding carboxylic acids is 2. The van der Waals surface area contributed by atoms with E-state index in [4.69, 9.17) is 4.74 Å². The number of hydrogen-bond donors (Lipinski definition) is 0. The van der Waals surface area contributed by atoms with Gasteiger partial charge in [0.25, 0.3) is 0 Å². The van der Waals surface area contributed by atoms with Crippen molar-refractivity contribution < 1.29 is 14.3 Å². The lowest BCUT2D eigenvalue weighted by molar-refractivity contribution is -0.144. The zero-order valence-corrected chi connectivity index (χ0v) is 16.0. The van der Waals surface area contributed by atoms with E-state index < -0.39 is 0 Å². The fraction of sp³-hybridized carbons (Fsp3) is 0.900. The molecule has 1 aliphatic carbocycles. The topological polar surface area (TPSA) is 46.6 Å². The molecule has 0 unspecified atom stereocenters. The average molecular weight is 340 g/mol. The second-order valence-corrected chi connectivity index (χ2v) is 7.09. The first-order valence-corrected chi connectivity index (χ1v) is 10.1. The van der Waals surface area contributed by atoms with Crippen LogP contribution in [0, 0.1) is 11.8 Å². The maximum atomic E-state index is 12.9. The van der Waals surface area contributed by atoms with Gasteiger partial charge >= 0.3 is 5.97 Å². The standard InChI is InChI=1S/C20H37NO3/c1-4-7-9-17-10-12-18(13-11-17)20(23)21(15-8-5-2)16-14-19(22)24-6-3/h17-18H,4-16H2,1-3H3. The molecule has 1 amide bonds. The van der Waals surface area contributed by atoms with Gasteiger partial charge in [0.2, 0.25) is 5.91 Å². The van der Waals surface area contributed by atoms with Crippen LogP contribution in [0.1, 0.15) is 85.0 Å². The first kappa shape index (κ1) is 21.0. The molecule has 0 heterocycles. The van der Waals surface area contributed by atoms with Crippen molar-refractivity contribution >= 4 is 11.9 Å². The maximum Gasteiger partial charge on any atom is 0.307 e. The highest BCUT2D eigenvalue weighted by Crippen LogP contribution is 2.33. The number of amides is 1. The summed E-state index contributed by atoms with van der Waals surface area (Å²) in [7, 11) is 0. The Bertz CT molecular complexity index is 362. The summed E-state index contributed by atoms with van der Waals surface area (Å²) in [4.78, 5) is 26.4. The van der Waals surface area contributed by atoms with Crippen molar-refractivity contribution in [1.29, 1.82) is 0 Å². The number of hydrogen-bond acceptors (Lipinski definition) is 3. The molecule has 0 atom stereocenters. The smallest absolute Gasteiger partial charge is 0.307 e. The van der Waals surface area contributed by atoms with Crippen LogP contribution in [-0.4, -0.2) is 36.5 Å². The van der Waals surface area contributed by atoms with Crippen LogP contribution in [0.5, 0.6) is 0 Å². The van der Waals surface area contributed by atoms with Crippen molar-refractivity contribution in [2.45, 2.75) is 85.0 Å². The number of nitrogens with zero attached hydrogens (tertiary/aromatic N) is 1. The zero-order chi connectivity index (χ0) is 17.8. The van der Waals surface area contributed by atoms with Gasteiger partial charge in [-0.3, -0.25) is 9.59 Å². The maximum absolute atomic E-state index is 12.9. The van der Waals surface area contributed by atoms with Gasteiger partial charge in [0.05, 0.1) is 13.0 Å². The van der Waals surface area contributed by atoms with E-state index in [2.05, 4.69) is 13.8 Å². The third-order valence-corrected chi connectivity index (χ3v) is 5.15. The molecular weight excluding hydrogens is 302 g/mol. The Hall–Kier alpha value is -1.06. The van der Waals surface area contributed by atoms with E-state index in [9.17, 15) is 9.59 Å². The van der Waals surface area contributed by atoms with Gasteiger partial charge in [0.15, 0.2) is 0 Å². The quantitative estimate of drug-likeness (QED) is 0.518. The van der Waals surface area contributed by atoms with Crippen LogP contribution >= 0.6 is 0 Å². The molecule has 0 saturated heterocycles. The Balaban J connectivity index is 2.47. The fourth-order valence-electron chi connectivity index (χ4n) is 3.59. The first-order valence-electron chi connectivity index (χ1n) is 10.1. The minimum atomic E-state index is -0.199. The van der Waals surface area contributed by atoms with E-state index in [0.29, 0.717) is 19.6 Å².